The summed E-state index contributed by atoms with van der Waals surface area (Å²) in [4.78, 5) is 23.5. The number of hydrogen-bond donors (Lipinski definition) is 3. The van der Waals surface area contributed by atoms with Crippen LogP contribution in [0.15, 0.2) is 36.5 Å². The van der Waals surface area contributed by atoms with Crippen molar-refractivity contribution in [2.45, 2.75) is 70.3 Å². The molecular formula is C19H29NO5. The number of ether oxygens (including phenoxy) is 1. The largest absolute Gasteiger partial charge is 0.455 e. The van der Waals surface area contributed by atoms with E-state index >= 15 is 0 Å². The first kappa shape index (κ1) is 21.1. The first-order valence-electron chi connectivity index (χ1n) is 8.48. The van der Waals surface area contributed by atoms with Gasteiger partial charge in [-0.3, -0.25) is 9.59 Å². The van der Waals surface area contributed by atoms with Crippen LogP contribution in [0.1, 0.15) is 46.5 Å². The van der Waals surface area contributed by atoms with E-state index in [0.29, 0.717) is 6.42 Å². The highest BCUT2D eigenvalue weighted by Gasteiger charge is 2.33. The number of esters is 1. The monoisotopic (exact) mass is 351 g/mol. The summed E-state index contributed by atoms with van der Waals surface area (Å²) in [6.45, 7) is 8.38. The van der Waals surface area contributed by atoms with Crippen molar-refractivity contribution in [1.82, 2.24) is 5.32 Å². The van der Waals surface area contributed by atoms with Gasteiger partial charge in [0.2, 0.25) is 5.91 Å². The Bertz CT molecular complexity index is 550. The number of aliphatic hydroxyl groups is 2. The lowest BCUT2D eigenvalue weighted by Gasteiger charge is -2.31. The third-order valence-corrected chi connectivity index (χ3v) is 4.26. The molecule has 0 aliphatic carbocycles. The Morgan fingerprint density at radius 3 is 2.76 bits per heavy atom. The molecule has 0 bridgehead atoms. The van der Waals surface area contributed by atoms with Crippen molar-refractivity contribution in [3.05, 3.63) is 36.5 Å². The molecule has 6 heteroatoms. The van der Waals surface area contributed by atoms with Gasteiger partial charge in [-0.2, -0.15) is 0 Å². The van der Waals surface area contributed by atoms with Crippen LogP contribution in [0.5, 0.6) is 0 Å². The molecule has 0 radical (unpaired) electrons. The Kier molecular flexibility index (Phi) is 8.06. The second-order valence-electron chi connectivity index (χ2n) is 6.71. The predicted molar refractivity (Wildman–Crippen MR) is 95.7 cm³/mol. The minimum absolute atomic E-state index is 0.0457. The van der Waals surface area contributed by atoms with Gasteiger partial charge in [-0.1, -0.05) is 30.4 Å². The van der Waals surface area contributed by atoms with E-state index in [4.69, 9.17) is 4.74 Å². The van der Waals surface area contributed by atoms with Gasteiger partial charge >= 0.3 is 5.97 Å². The van der Waals surface area contributed by atoms with E-state index in [1.54, 1.807) is 31.2 Å². The third-order valence-electron chi connectivity index (χ3n) is 4.26. The van der Waals surface area contributed by atoms with Crippen molar-refractivity contribution >= 4 is 11.9 Å². The maximum absolute atomic E-state index is 12.1. The summed E-state index contributed by atoms with van der Waals surface area (Å²) >= 11 is 0. The summed E-state index contributed by atoms with van der Waals surface area (Å²) in [6.07, 6.45) is 6.00. The molecule has 0 saturated heterocycles. The van der Waals surface area contributed by atoms with Gasteiger partial charge in [-0.05, 0) is 39.2 Å². The minimum Gasteiger partial charge on any atom is -0.455 e. The summed E-state index contributed by atoms with van der Waals surface area (Å²) in [5.41, 5.74) is -0.421. The van der Waals surface area contributed by atoms with Gasteiger partial charge in [-0.25, -0.2) is 0 Å². The lowest BCUT2D eigenvalue weighted by Crippen LogP contribution is -2.43. The molecule has 0 unspecified atom stereocenters. The van der Waals surface area contributed by atoms with Crippen LogP contribution in [0, 0.1) is 0 Å². The molecule has 25 heavy (non-hydrogen) atoms. The van der Waals surface area contributed by atoms with Gasteiger partial charge in [0, 0.05) is 6.92 Å². The van der Waals surface area contributed by atoms with Crippen LogP contribution in [-0.2, 0) is 14.3 Å². The van der Waals surface area contributed by atoms with Crippen molar-refractivity contribution in [3.63, 3.8) is 0 Å². The molecule has 6 nitrogen and oxygen atoms in total. The zero-order valence-corrected chi connectivity index (χ0v) is 15.2. The standard InChI is InChI=1S/C19H29NO5/c1-5-7-13(2)16-8-6-9-17(25-14(3)21)19(4,24)11-10-15(22)12-18(23)20-16/h5-7,9,15-17,22,24H,1,8,10-12H2,2-4H3,(H,20,23)/t15-,16+,17+,19-/m1/s1. The summed E-state index contributed by atoms with van der Waals surface area (Å²) in [6, 6.07) is -0.267. The van der Waals surface area contributed by atoms with Gasteiger partial charge in [0.1, 0.15) is 11.7 Å². The molecule has 0 aromatic heterocycles. The van der Waals surface area contributed by atoms with Gasteiger partial charge in [0.15, 0.2) is 0 Å². The maximum Gasteiger partial charge on any atom is 0.303 e. The summed E-state index contributed by atoms with van der Waals surface area (Å²) in [7, 11) is 0. The van der Waals surface area contributed by atoms with E-state index in [0.717, 1.165) is 5.57 Å². The lowest BCUT2D eigenvalue weighted by molar-refractivity contribution is -0.156. The Hall–Kier alpha value is -1.92. The Morgan fingerprint density at radius 2 is 2.16 bits per heavy atom. The fraction of sp³-hybridized carbons (Fsp3) is 0.579. The SMILES string of the molecule is C=CC=C(C)[C@@H]1CC=C[C@H](OC(C)=O)[C@](C)(O)CC[C@@H](O)CC(=O)N1. The van der Waals surface area contributed by atoms with Crippen LogP contribution in [0.25, 0.3) is 0 Å². The molecule has 1 heterocycles. The number of hydrogen-bond acceptors (Lipinski definition) is 5. The highest BCUT2D eigenvalue weighted by molar-refractivity contribution is 5.77. The van der Waals surface area contributed by atoms with E-state index < -0.39 is 23.8 Å². The minimum atomic E-state index is -1.33. The van der Waals surface area contributed by atoms with Crippen molar-refractivity contribution in [1.29, 1.82) is 0 Å². The molecule has 0 aromatic rings. The highest BCUT2D eigenvalue weighted by atomic mass is 16.6. The summed E-state index contributed by atoms with van der Waals surface area (Å²) in [5, 5.41) is 23.6. The quantitative estimate of drug-likeness (QED) is 0.409. The molecule has 1 rings (SSSR count). The molecule has 4 atom stereocenters. The van der Waals surface area contributed by atoms with Gasteiger partial charge in [-0.15, -0.1) is 0 Å². The zero-order chi connectivity index (χ0) is 19.0. The average Bonchev–Trinajstić information content (AvgIpc) is 2.50. The zero-order valence-electron chi connectivity index (χ0n) is 15.2. The molecule has 3 N–H and O–H groups in total. The van der Waals surface area contributed by atoms with E-state index in [-0.39, 0.29) is 31.2 Å². The number of amides is 1. The molecule has 140 valence electrons. The number of allylic oxidation sites excluding steroid dienone is 2. The van der Waals surface area contributed by atoms with Gasteiger partial charge in [0.05, 0.1) is 18.6 Å². The van der Waals surface area contributed by atoms with E-state index in [2.05, 4.69) is 11.9 Å². The van der Waals surface area contributed by atoms with Crippen LogP contribution >= 0.6 is 0 Å². The molecule has 0 aromatic carbocycles. The highest BCUT2D eigenvalue weighted by Crippen LogP contribution is 2.24. The number of rotatable bonds is 3. The predicted octanol–water partition coefficient (Wildman–Crippen LogP) is 1.78. The smallest absolute Gasteiger partial charge is 0.303 e. The maximum atomic E-state index is 12.1. The Balaban J connectivity index is 3.10. The van der Waals surface area contributed by atoms with Crippen molar-refractivity contribution in [2.24, 2.45) is 0 Å². The molecule has 1 aliphatic rings. The summed E-state index contributed by atoms with van der Waals surface area (Å²) in [5.74, 6) is -0.741. The number of aliphatic hydroxyl groups excluding tert-OH is 1. The second kappa shape index (κ2) is 9.53. The van der Waals surface area contributed by atoms with Gasteiger partial charge in [0.25, 0.3) is 0 Å². The van der Waals surface area contributed by atoms with E-state index in [9.17, 15) is 19.8 Å². The normalized spacial score (nSPS) is 32.1. The van der Waals surface area contributed by atoms with Crippen molar-refractivity contribution < 1.29 is 24.5 Å². The first-order chi connectivity index (χ1) is 11.7. The lowest BCUT2D eigenvalue weighted by atomic mass is 9.90. The van der Waals surface area contributed by atoms with Crippen LogP contribution in [-0.4, -0.2) is 45.9 Å². The number of carbonyl (C=O) groups excluding carboxylic acids is 2. The van der Waals surface area contributed by atoms with Crippen LogP contribution in [0.4, 0.5) is 0 Å². The molecule has 1 aliphatic heterocycles. The average molecular weight is 351 g/mol. The molecular weight excluding hydrogens is 322 g/mol. The molecule has 0 spiro atoms. The fourth-order valence-electron chi connectivity index (χ4n) is 2.72. The second-order valence-corrected chi connectivity index (χ2v) is 6.71. The topological polar surface area (TPSA) is 95.9 Å². The van der Waals surface area contributed by atoms with Crippen LogP contribution < -0.4 is 5.32 Å². The fourth-order valence-corrected chi connectivity index (χ4v) is 2.72. The Labute approximate surface area is 149 Å². The molecule has 1 amide bonds. The van der Waals surface area contributed by atoms with E-state index in [1.165, 1.54) is 6.92 Å². The van der Waals surface area contributed by atoms with Crippen LogP contribution in [0.2, 0.25) is 0 Å². The van der Waals surface area contributed by atoms with Crippen molar-refractivity contribution in [3.8, 4) is 0 Å². The van der Waals surface area contributed by atoms with E-state index in [1.807, 2.05) is 6.92 Å². The third kappa shape index (κ3) is 7.23. The van der Waals surface area contributed by atoms with Gasteiger partial charge < -0.3 is 20.3 Å². The summed E-state index contributed by atoms with van der Waals surface area (Å²) < 4.78 is 5.23. The number of carbonyl (C=O) groups is 2. The van der Waals surface area contributed by atoms with Crippen molar-refractivity contribution in [2.75, 3.05) is 0 Å². The Morgan fingerprint density at radius 1 is 1.48 bits per heavy atom. The molecule has 0 saturated carbocycles. The van der Waals surface area contributed by atoms with Crippen LogP contribution in [0.3, 0.4) is 0 Å². The first-order valence-corrected chi connectivity index (χ1v) is 8.48. The molecule has 0 fully saturated rings. The number of nitrogens with one attached hydrogen (secondary N) is 1.